The van der Waals surface area contributed by atoms with Gasteiger partial charge < -0.3 is 15.0 Å². The van der Waals surface area contributed by atoms with Crippen molar-refractivity contribution in [2.45, 2.75) is 28.9 Å². The molecule has 2 unspecified atom stereocenters. The molecule has 0 bridgehead atoms. The van der Waals surface area contributed by atoms with Crippen LogP contribution in [0.3, 0.4) is 0 Å². The van der Waals surface area contributed by atoms with Gasteiger partial charge >= 0.3 is 5.97 Å². The number of thioether (sulfide) groups is 1. The van der Waals surface area contributed by atoms with Crippen LogP contribution in [-0.4, -0.2) is 39.5 Å². The van der Waals surface area contributed by atoms with Gasteiger partial charge in [-0.1, -0.05) is 37.3 Å². The molecule has 1 heterocycles. The lowest BCUT2D eigenvalue weighted by atomic mass is 9.93. The Morgan fingerprint density at radius 2 is 2.22 bits per heavy atom. The fourth-order valence-corrected chi connectivity index (χ4v) is 5.45. The van der Waals surface area contributed by atoms with E-state index in [4.69, 9.17) is 10.5 Å². The quantitative estimate of drug-likeness (QED) is 0.603. The number of hydrogen-bond donors (Lipinski definition) is 2. The summed E-state index contributed by atoms with van der Waals surface area (Å²) in [5.41, 5.74) is 5.22. The maximum absolute atomic E-state index is 12.6. The van der Waals surface area contributed by atoms with Crippen molar-refractivity contribution >= 4 is 34.3 Å². The van der Waals surface area contributed by atoms with Crippen molar-refractivity contribution in [3.63, 3.8) is 0 Å². The molecule has 0 spiro atoms. The maximum Gasteiger partial charge on any atom is 0.331 e. The summed E-state index contributed by atoms with van der Waals surface area (Å²) < 4.78 is 20.3. The number of nitrogens with two attached hydrogens (primary N) is 1. The summed E-state index contributed by atoms with van der Waals surface area (Å²) in [5, 5.41) is 0.430. The van der Waals surface area contributed by atoms with Crippen LogP contribution in [0.2, 0.25) is 0 Å². The third-order valence-electron chi connectivity index (χ3n) is 4.54. The SMILES string of the molecule is COC(=O)[C@]1(N[S+]([O-])C2CN=C(N)S2)C[C@]1(C)c1ccccc1. The summed E-state index contributed by atoms with van der Waals surface area (Å²) >= 11 is -0.178. The van der Waals surface area contributed by atoms with Crippen LogP contribution in [0.1, 0.15) is 18.9 Å². The molecule has 3 N–H and O–H groups in total. The lowest BCUT2D eigenvalue weighted by molar-refractivity contribution is -0.144. The highest BCUT2D eigenvalue weighted by Gasteiger charge is 2.74. The smallest absolute Gasteiger partial charge is 0.331 e. The van der Waals surface area contributed by atoms with E-state index in [1.165, 1.54) is 18.9 Å². The van der Waals surface area contributed by atoms with Gasteiger partial charge in [-0.05, 0) is 23.7 Å². The number of carbonyl (C=O) groups excluding carboxylic acids is 1. The predicted molar refractivity (Wildman–Crippen MR) is 92.3 cm³/mol. The lowest BCUT2D eigenvalue weighted by Gasteiger charge is -2.25. The first-order valence-electron chi connectivity index (χ1n) is 7.22. The highest BCUT2D eigenvalue weighted by atomic mass is 32.3. The molecular formula is C15H19N3O3S2. The van der Waals surface area contributed by atoms with E-state index in [0.29, 0.717) is 18.1 Å². The molecule has 23 heavy (non-hydrogen) atoms. The van der Waals surface area contributed by atoms with Crippen molar-refractivity contribution in [2.75, 3.05) is 13.7 Å². The van der Waals surface area contributed by atoms with Gasteiger partial charge in [0.25, 0.3) is 0 Å². The van der Waals surface area contributed by atoms with E-state index < -0.39 is 28.3 Å². The Balaban J connectivity index is 1.82. The number of esters is 1. The Morgan fingerprint density at radius 1 is 1.52 bits per heavy atom. The Hall–Kier alpha value is -1.22. The molecule has 4 atom stereocenters. The minimum absolute atomic E-state index is 0.280. The number of ether oxygens (including phenoxy) is 1. The Morgan fingerprint density at radius 3 is 2.78 bits per heavy atom. The zero-order valence-electron chi connectivity index (χ0n) is 12.9. The Kier molecular flexibility index (Phi) is 4.35. The molecule has 1 saturated carbocycles. The van der Waals surface area contributed by atoms with E-state index >= 15 is 0 Å². The normalized spacial score (nSPS) is 33.9. The van der Waals surface area contributed by atoms with Crippen LogP contribution >= 0.6 is 11.8 Å². The third kappa shape index (κ3) is 2.73. The van der Waals surface area contributed by atoms with Crippen LogP contribution in [0, 0.1) is 0 Å². The molecule has 0 saturated heterocycles. The van der Waals surface area contributed by atoms with Gasteiger partial charge in [-0.3, -0.25) is 4.99 Å². The molecule has 1 aliphatic heterocycles. The first-order chi connectivity index (χ1) is 10.9. The maximum atomic E-state index is 12.6. The molecule has 1 aliphatic carbocycles. The van der Waals surface area contributed by atoms with Crippen LogP contribution in [0.15, 0.2) is 35.3 Å². The minimum atomic E-state index is -1.45. The van der Waals surface area contributed by atoms with Crippen molar-refractivity contribution < 1.29 is 14.1 Å². The summed E-state index contributed by atoms with van der Waals surface area (Å²) in [6.45, 7) is 2.37. The predicted octanol–water partition coefficient (Wildman–Crippen LogP) is 0.901. The molecule has 0 amide bonds. The standard InChI is InChI=1S/C15H19N3O3S2/c1-14(10-6-4-3-5-7-10)9-15(14,12(19)21-2)18-23(20)11-8-17-13(16)22-11/h3-7,11,18H,8-9H2,1-2H3,(H2,16,17)/t11?,14-,15-,23?/m1/s1. The second-order valence-electron chi connectivity index (χ2n) is 5.90. The van der Waals surface area contributed by atoms with Gasteiger partial charge in [0.15, 0.2) is 10.7 Å². The molecule has 0 radical (unpaired) electrons. The summed E-state index contributed by atoms with van der Waals surface area (Å²) in [6.07, 6.45) is 0.538. The first-order valence-corrected chi connectivity index (χ1v) is 9.31. The second-order valence-corrected chi connectivity index (χ2v) is 8.79. The zero-order chi connectivity index (χ0) is 16.7. The van der Waals surface area contributed by atoms with E-state index in [9.17, 15) is 9.35 Å². The molecule has 2 aliphatic rings. The van der Waals surface area contributed by atoms with Gasteiger partial charge in [-0.15, -0.1) is 4.72 Å². The molecule has 1 aromatic carbocycles. The lowest BCUT2D eigenvalue weighted by Crippen LogP contribution is -2.51. The highest BCUT2D eigenvalue weighted by molar-refractivity contribution is 8.22. The zero-order valence-corrected chi connectivity index (χ0v) is 14.6. The molecule has 124 valence electrons. The number of rotatable bonds is 5. The Bertz CT molecular complexity index is 642. The van der Waals surface area contributed by atoms with Gasteiger partial charge in [0.2, 0.25) is 4.58 Å². The molecule has 1 fully saturated rings. The number of hydrogen-bond acceptors (Lipinski definition) is 7. The monoisotopic (exact) mass is 353 g/mol. The van der Waals surface area contributed by atoms with Crippen LogP contribution in [0.5, 0.6) is 0 Å². The van der Waals surface area contributed by atoms with Gasteiger partial charge in [0.05, 0.1) is 18.5 Å². The molecule has 6 nitrogen and oxygen atoms in total. The van der Waals surface area contributed by atoms with Gasteiger partial charge in [0.1, 0.15) is 6.54 Å². The van der Waals surface area contributed by atoms with Gasteiger partial charge in [0, 0.05) is 5.41 Å². The van der Waals surface area contributed by atoms with Crippen molar-refractivity contribution in [1.29, 1.82) is 0 Å². The van der Waals surface area contributed by atoms with E-state index in [0.717, 1.165) is 5.56 Å². The largest absolute Gasteiger partial charge is 0.597 e. The summed E-state index contributed by atoms with van der Waals surface area (Å²) in [5.74, 6) is -0.394. The minimum Gasteiger partial charge on any atom is -0.597 e. The fourth-order valence-electron chi connectivity index (χ4n) is 3.03. The average molecular weight is 353 g/mol. The highest BCUT2D eigenvalue weighted by Crippen LogP contribution is 2.58. The number of methoxy groups -OCH3 is 1. The Labute approximate surface area is 142 Å². The molecule has 3 rings (SSSR count). The van der Waals surface area contributed by atoms with Crippen LogP contribution in [0.25, 0.3) is 0 Å². The van der Waals surface area contributed by atoms with Crippen LogP contribution in [0.4, 0.5) is 0 Å². The number of carbonyl (C=O) groups is 1. The number of nitrogens with zero attached hydrogens (tertiary/aromatic N) is 1. The van der Waals surface area contributed by atoms with Gasteiger partial charge in [-0.25, -0.2) is 4.79 Å². The summed E-state index contributed by atoms with van der Waals surface area (Å²) in [6, 6.07) is 9.73. The van der Waals surface area contributed by atoms with Crippen molar-refractivity contribution in [3.05, 3.63) is 35.9 Å². The topological polar surface area (TPSA) is 99.8 Å². The first kappa shape index (κ1) is 16.6. The third-order valence-corrected chi connectivity index (χ3v) is 7.31. The molecule has 0 aromatic heterocycles. The van der Waals surface area contributed by atoms with Crippen LogP contribution in [-0.2, 0) is 26.3 Å². The number of amidine groups is 1. The van der Waals surface area contributed by atoms with Crippen molar-refractivity contribution in [1.82, 2.24) is 4.72 Å². The van der Waals surface area contributed by atoms with Crippen molar-refractivity contribution in [2.24, 2.45) is 10.7 Å². The van der Waals surface area contributed by atoms with E-state index in [1.807, 2.05) is 37.3 Å². The number of benzene rings is 1. The molecular weight excluding hydrogens is 334 g/mol. The summed E-state index contributed by atoms with van der Waals surface area (Å²) in [4.78, 5) is 16.5. The van der Waals surface area contributed by atoms with Crippen LogP contribution < -0.4 is 10.5 Å². The van der Waals surface area contributed by atoms with E-state index in [1.54, 1.807) is 0 Å². The van der Waals surface area contributed by atoms with E-state index in [2.05, 4.69) is 9.71 Å². The van der Waals surface area contributed by atoms with E-state index in [-0.39, 0.29) is 4.58 Å². The second kappa shape index (κ2) is 6.01. The summed E-state index contributed by atoms with van der Waals surface area (Å²) in [7, 11) is 1.35. The molecule has 1 aromatic rings. The number of aliphatic imine (C=N–C) groups is 1. The average Bonchev–Trinajstić information content (AvgIpc) is 2.93. The fraction of sp³-hybridized carbons (Fsp3) is 0.467. The number of nitrogens with one attached hydrogen (secondary N) is 1. The molecule has 8 heteroatoms. The van der Waals surface area contributed by atoms with Crippen molar-refractivity contribution in [3.8, 4) is 0 Å². The van der Waals surface area contributed by atoms with Gasteiger partial charge in [-0.2, -0.15) is 0 Å².